The molecule has 2 aliphatic carbocycles. The molecule has 18 heavy (non-hydrogen) atoms. The number of hydrogen-bond acceptors (Lipinski definition) is 3. The summed E-state index contributed by atoms with van der Waals surface area (Å²) in [6.45, 7) is 0.394. The molecule has 0 bridgehead atoms. The molecule has 3 heteroatoms. The quantitative estimate of drug-likeness (QED) is 0.764. The summed E-state index contributed by atoms with van der Waals surface area (Å²) in [5.41, 5.74) is 0.621. The van der Waals surface area contributed by atoms with Gasteiger partial charge in [0.05, 0.1) is 11.5 Å². The maximum Gasteiger partial charge on any atom is 0.337 e. The Balaban J connectivity index is 1.85. The van der Waals surface area contributed by atoms with Crippen LogP contribution in [0.2, 0.25) is 0 Å². The zero-order valence-electron chi connectivity index (χ0n) is 10.9. The minimum Gasteiger partial charge on any atom is -0.511 e. The van der Waals surface area contributed by atoms with E-state index in [1.807, 2.05) is 0 Å². The van der Waals surface area contributed by atoms with Gasteiger partial charge in [-0.25, -0.2) is 4.79 Å². The molecule has 0 aromatic carbocycles. The molecule has 0 saturated heterocycles. The van der Waals surface area contributed by atoms with Gasteiger partial charge in [0.2, 0.25) is 0 Å². The molecule has 3 rings (SSSR count). The lowest BCUT2D eigenvalue weighted by molar-refractivity contribution is -0.144. The number of cyclic esters (lactones) is 1. The highest BCUT2D eigenvalue weighted by atomic mass is 16.5. The third-order valence-electron chi connectivity index (χ3n) is 4.97. The van der Waals surface area contributed by atoms with Gasteiger partial charge >= 0.3 is 5.97 Å². The first-order chi connectivity index (χ1) is 8.77. The van der Waals surface area contributed by atoms with Crippen molar-refractivity contribution in [2.45, 2.75) is 51.4 Å². The van der Waals surface area contributed by atoms with Crippen LogP contribution in [-0.4, -0.2) is 17.7 Å². The van der Waals surface area contributed by atoms with Gasteiger partial charge in [-0.15, -0.1) is 0 Å². The molecule has 0 spiro atoms. The summed E-state index contributed by atoms with van der Waals surface area (Å²) >= 11 is 0. The van der Waals surface area contributed by atoms with E-state index in [2.05, 4.69) is 0 Å². The molecule has 1 unspecified atom stereocenters. The second-order valence-corrected chi connectivity index (χ2v) is 6.03. The molecule has 0 amide bonds. The zero-order valence-corrected chi connectivity index (χ0v) is 10.9. The first-order valence-corrected chi connectivity index (χ1v) is 7.37. The molecule has 1 aliphatic heterocycles. The number of aliphatic hydroxyl groups excluding tert-OH is 1. The van der Waals surface area contributed by atoms with Gasteiger partial charge in [0, 0.05) is 0 Å². The lowest BCUT2D eigenvalue weighted by atomic mass is 9.83. The highest BCUT2D eigenvalue weighted by Gasteiger charge is 2.39. The van der Waals surface area contributed by atoms with Crippen molar-refractivity contribution in [2.24, 2.45) is 17.8 Å². The van der Waals surface area contributed by atoms with Crippen LogP contribution in [0.1, 0.15) is 51.4 Å². The van der Waals surface area contributed by atoms with Crippen LogP contribution < -0.4 is 0 Å². The number of ether oxygens (including phenoxy) is 1. The Kier molecular flexibility index (Phi) is 3.31. The van der Waals surface area contributed by atoms with Crippen molar-refractivity contribution in [3.63, 3.8) is 0 Å². The largest absolute Gasteiger partial charge is 0.511 e. The van der Waals surface area contributed by atoms with Crippen molar-refractivity contribution in [3.8, 4) is 0 Å². The molecule has 3 aliphatic rings. The molecule has 2 fully saturated rings. The number of carbonyl (C=O) groups excluding carboxylic acids is 1. The number of carbonyl (C=O) groups is 1. The van der Waals surface area contributed by atoms with Crippen LogP contribution in [0.3, 0.4) is 0 Å². The van der Waals surface area contributed by atoms with Crippen molar-refractivity contribution in [1.82, 2.24) is 0 Å². The van der Waals surface area contributed by atoms with E-state index in [1.54, 1.807) is 0 Å². The minimum absolute atomic E-state index is 0.0841. The maximum atomic E-state index is 11.9. The highest BCUT2D eigenvalue weighted by molar-refractivity contribution is 5.90. The van der Waals surface area contributed by atoms with E-state index in [4.69, 9.17) is 4.74 Å². The predicted molar refractivity (Wildman–Crippen MR) is 68.0 cm³/mol. The summed E-state index contributed by atoms with van der Waals surface area (Å²) in [7, 11) is 0. The van der Waals surface area contributed by atoms with Crippen molar-refractivity contribution in [2.75, 3.05) is 6.61 Å². The van der Waals surface area contributed by atoms with E-state index >= 15 is 0 Å². The SMILES string of the molecule is O=C1OCC(C2CCCC2)C(O)=C1C1CCCC1. The fraction of sp³-hybridized carbons (Fsp3) is 0.800. The van der Waals surface area contributed by atoms with Crippen molar-refractivity contribution < 1.29 is 14.6 Å². The Morgan fingerprint density at radius 2 is 1.61 bits per heavy atom. The first-order valence-electron chi connectivity index (χ1n) is 7.37. The van der Waals surface area contributed by atoms with Gasteiger partial charge in [-0.3, -0.25) is 0 Å². The summed E-state index contributed by atoms with van der Waals surface area (Å²) in [4.78, 5) is 11.9. The normalized spacial score (nSPS) is 31.1. The number of hydrogen-bond donors (Lipinski definition) is 1. The zero-order chi connectivity index (χ0) is 12.5. The topological polar surface area (TPSA) is 46.5 Å². The van der Waals surface area contributed by atoms with E-state index in [-0.39, 0.29) is 17.8 Å². The van der Waals surface area contributed by atoms with Crippen molar-refractivity contribution in [3.05, 3.63) is 11.3 Å². The second-order valence-electron chi connectivity index (χ2n) is 6.03. The third-order valence-corrected chi connectivity index (χ3v) is 4.97. The fourth-order valence-corrected chi connectivity index (χ4v) is 3.94. The van der Waals surface area contributed by atoms with Crippen LogP contribution in [0.25, 0.3) is 0 Å². The first kappa shape index (κ1) is 12.1. The Morgan fingerprint density at radius 3 is 2.28 bits per heavy atom. The summed E-state index contributed by atoms with van der Waals surface area (Å²) in [5, 5.41) is 10.5. The fourth-order valence-electron chi connectivity index (χ4n) is 3.94. The van der Waals surface area contributed by atoms with Crippen LogP contribution in [0.15, 0.2) is 11.3 Å². The lowest BCUT2D eigenvalue weighted by Crippen LogP contribution is -2.32. The Labute approximate surface area is 108 Å². The van der Waals surface area contributed by atoms with E-state index in [1.165, 1.54) is 38.5 Å². The summed E-state index contributed by atoms with van der Waals surface area (Å²) in [6.07, 6.45) is 9.25. The molecule has 0 radical (unpaired) electrons. The highest BCUT2D eigenvalue weighted by Crippen LogP contribution is 2.41. The van der Waals surface area contributed by atoms with Gasteiger partial charge < -0.3 is 9.84 Å². The van der Waals surface area contributed by atoms with Gasteiger partial charge in [0.15, 0.2) is 0 Å². The Hall–Kier alpha value is -0.990. The summed E-state index contributed by atoms with van der Waals surface area (Å²) in [6, 6.07) is 0. The maximum absolute atomic E-state index is 11.9. The number of esters is 1. The predicted octanol–water partition coefficient (Wildman–Crippen LogP) is 3.35. The molecule has 100 valence electrons. The Morgan fingerprint density at radius 1 is 1.00 bits per heavy atom. The summed E-state index contributed by atoms with van der Waals surface area (Å²) < 4.78 is 5.34. The van der Waals surface area contributed by atoms with E-state index in [0.29, 0.717) is 23.9 Å². The smallest absolute Gasteiger partial charge is 0.337 e. The van der Waals surface area contributed by atoms with Crippen LogP contribution in [-0.2, 0) is 9.53 Å². The van der Waals surface area contributed by atoms with Gasteiger partial charge in [-0.1, -0.05) is 25.7 Å². The van der Waals surface area contributed by atoms with Crippen molar-refractivity contribution >= 4 is 5.97 Å². The molecule has 0 aromatic heterocycles. The van der Waals surface area contributed by atoms with Crippen LogP contribution in [0.4, 0.5) is 0 Å². The molecule has 1 N–H and O–H groups in total. The number of aliphatic hydroxyl groups is 1. The average Bonchev–Trinajstić information content (AvgIpc) is 3.01. The molecular formula is C15H22O3. The van der Waals surface area contributed by atoms with E-state index < -0.39 is 0 Å². The van der Waals surface area contributed by atoms with Crippen LogP contribution in [0.5, 0.6) is 0 Å². The molecular weight excluding hydrogens is 228 g/mol. The van der Waals surface area contributed by atoms with Crippen LogP contribution >= 0.6 is 0 Å². The molecule has 1 atom stereocenters. The Bertz CT molecular complexity index is 360. The van der Waals surface area contributed by atoms with E-state index in [9.17, 15) is 9.90 Å². The molecule has 2 saturated carbocycles. The minimum atomic E-state index is -0.256. The number of rotatable bonds is 2. The standard InChI is InChI=1S/C15H22O3/c16-14-12(10-5-1-2-6-10)9-18-15(17)13(14)11-7-3-4-8-11/h10-12,16H,1-9H2. The van der Waals surface area contributed by atoms with Gasteiger partial charge in [0.1, 0.15) is 12.4 Å². The van der Waals surface area contributed by atoms with Gasteiger partial charge in [-0.2, -0.15) is 0 Å². The molecule has 3 nitrogen and oxygen atoms in total. The van der Waals surface area contributed by atoms with Crippen molar-refractivity contribution in [1.29, 1.82) is 0 Å². The van der Waals surface area contributed by atoms with Gasteiger partial charge in [-0.05, 0) is 37.5 Å². The second kappa shape index (κ2) is 4.94. The van der Waals surface area contributed by atoms with Gasteiger partial charge in [0.25, 0.3) is 0 Å². The van der Waals surface area contributed by atoms with E-state index in [0.717, 1.165) is 12.8 Å². The molecule has 0 aromatic rings. The monoisotopic (exact) mass is 250 g/mol. The third kappa shape index (κ3) is 2.04. The molecule has 1 heterocycles. The lowest BCUT2D eigenvalue weighted by Gasteiger charge is -2.30. The summed E-state index contributed by atoms with van der Waals surface area (Å²) in [5.74, 6) is 0.982. The van der Waals surface area contributed by atoms with Crippen LogP contribution in [0, 0.1) is 17.8 Å². The average molecular weight is 250 g/mol.